The Labute approximate surface area is 339 Å². The number of hydrogen-bond acceptors (Lipinski definition) is 8. The van der Waals surface area contributed by atoms with Gasteiger partial charge in [0, 0.05) is 30.9 Å². The zero-order valence-corrected chi connectivity index (χ0v) is 33.0. The van der Waals surface area contributed by atoms with Crippen LogP contribution >= 0.6 is 0 Å². The van der Waals surface area contributed by atoms with Crippen LogP contribution in [0.1, 0.15) is 74.7 Å². The highest BCUT2D eigenvalue weighted by Crippen LogP contribution is 2.19. The van der Waals surface area contributed by atoms with Crippen LogP contribution in [0.15, 0.2) is 133 Å². The molecule has 300 valence electrons. The lowest BCUT2D eigenvalue weighted by Gasteiger charge is -2.19. The van der Waals surface area contributed by atoms with Gasteiger partial charge in [-0.3, -0.25) is 14.4 Å². The van der Waals surface area contributed by atoms with Crippen molar-refractivity contribution in [2.45, 2.75) is 64.7 Å². The van der Waals surface area contributed by atoms with Gasteiger partial charge in [0.1, 0.15) is 24.7 Å². The molecule has 2 N–H and O–H groups in total. The third-order valence-corrected chi connectivity index (χ3v) is 9.65. The molecule has 5 aromatic carbocycles. The minimum absolute atomic E-state index is 0.0181. The summed E-state index contributed by atoms with van der Waals surface area (Å²) in [6, 6.07) is 39.7. The van der Waals surface area contributed by atoms with E-state index in [0.717, 1.165) is 22.4 Å². The number of hydrogen-bond donors (Lipinski definition) is 2. The number of nitrogens with one attached hydrogen (secondary N) is 2. The molecule has 2 amide bonds. The Balaban J connectivity index is 1.15. The Morgan fingerprint density at radius 3 is 1.84 bits per heavy atom. The molecular formula is C48H50N2O8. The number of carbonyl (C=O) groups is 5. The molecule has 5 aromatic rings. The number of unbranched alkanes of at least 4 members (excludes halogenated alkanes) is 1. The predicted molar refractivity (Wildman–Crippen MR) is 221 cm³/mol. The van der Waals surface area contributed by atoms with Crippen molar-refractivity contribution >= 4 is 29.5 Å². The van der Waals surface area contributed by atoms with Gasteiger partial charge in [-0.1, -0.05) is 104 Å². The lowest BCUT2D eigenvalue weighted by atomic mass is 9.92. The molecule has 0 aliphatic carbocycles. The van der Waals surface area contributed by atoms with Crippen molar-refractivity contribution in [3.8, 4) is 5.75 Å². The van der Waals surface area contributed by atoms with E-state index in [0.29, 0.717) is 61.1 Å². The van der Waals surface area contributed by atoms with Crippen LogP contribution < -0.4 is 15.4 Å². The normalized spacial score (nSPS) is 11.8. The minimum Gasteiger partial charge on any atom is -0.489 e. The highest BCUT2D eigenvalue weighted by Gasteiger charge is 2.23. The molecule has 0 fully saturated rings. The number of ketones is 2. The summed E-state index contributed by atoms with van der Waals surface area (Å²) in [6.07, 6.45) is 1.54. The number of ether oxygens (including phenoxy) is 3. The quantitative estimate of drug-likeness (QED) is 0.0564. The molecule has 0 aliphatic rings. The number of Topliss-reactive ketones (excluding diaryl/α,β-unsaturated/α-hetero) is 2. The van der Waals surface area contributed by atoms with Crippen molar-refractivity contribution in [2.24, 2.45) is 5.92 Å². The second-order valence-corrected chi connectivity index (χ2v) is 14.2. The molecule has 0 aromatic heterocycles. The van der Waals surface area contributed by atoms with Gasteiger partial charge in [-0.25, -0.2) is 9.59 Å². The van der Waals surface area contributed by atoms with E-state index in [-0.39, 0.29) is 36.9 Å². The fourth-order valence-electron chi connectivity index (χ4n) is 6.37. The Kier molecular flexibility index (Phi) is 16.3. The molecule has 0 unspecified atom stereocenters. The van der Waals surface area contributed by atoms with Crippen molar-refractivity contribution in [1.29, 1.82) is 0 Å². The van der Waals surface area contributed by atoms with Gasteiger partial charge in [0.05, 0.1) is 18.7 Å². The average molecular weight is 783 g/mol. The summed E-state index contributed by atoms with van der Waals surface area (Å²) in [5.74, 6) is -0.647. The molecule has 0 saturated heterocycles. The molecule has 0 heterocycles. The molecule has 10 nitrogen and oxygen atoms in total. The minimum atomic E-state index is -0.847. The van der Waals surface area contributed by atoms with Gasteiger partial charge >= 0.3 is 12.1 Å². The number of amides is 2. The maximum absolute atomic E-state index is 13.7. The van der Waals surface area contributed by atoms with Crippen LogP contribution in [0.25, 0.3) is 0 Å². The molecule has 0 spiro atoms. The zero-order chi connectivity index (χ0) is 41.1. The molecule has 2 atom stereocenters. The van der Waals surface area contributed by atoms with Crippen LogP contribution in [0.3, 0.4) is 0 Å². The van der Waals surface area contributed by atoms with E-state index < -0.39 is 24.0 Å². The van der Waals surface area contributed by atoms with Crippen LogP contribution in [-0.4, -0.2) is 49.2 Å². The fourth-order valence-corrected chi connectivity index (χ4v) is 6.37. The molecule has 5 rings (SSSR count). The third-order valence-electron chi connectivity index (χ3n) is 9.65. The smallest absolute Gasteiger partial charge is 0.407 e. The maximum Gasteiger partial charge on any atom is 0.407 e. The summed E-state index contributed by atoms with van der Waals surface area (Å²) in [5, 5.41) is 5.64. The first kappa shape index (κ1) is 42.6. The first-order valence-electron chi connectivity index (χ1n) is 19.5. The van der Waals surface area contributed by atoms with Crippen LogP contribution in [0.5, 0.6) is 5.75 Å². The van der Waals surface area contributed by atoms with E-state index in [1.165, 1.54) is 7.11 Å². The van der Waals surface area contributed by atoms with Crippen molar-refractivity contribution in [3.05, 3.63) is 172 Å². The number of carbonyl (C=O) groups excluding carboxylic acids is 5. The second-order valence-electron chi connectivity index (χ2n) is 14.2. The Bertz CT molecular complexity index is 2120. The third kappa shape index (κ3) is 13.9. The SMILES string of the molecule is COC(=O)c1cccc(CC(=O)[C@H](CCCCNC(=O)OCc2ccccc2)NC(=O)c2cccc(CC(=O)[C@@H](C)Cc3ccc(OCc4ccccc4)cc3)c2)c1. The predicted octanol–water partition coefficient (Wildman–Crippen LogP) is 8.05. The molecule has 0 aliphatic heterocycles. The fraction of sp³-hybridized carbons (Fsp3) is 0.271. The Morgan fingerprint density at radius 1 is 0.603 bits per heavy atom. The lowest BCUT2D eigenvalue weighted by molar-refractivity contribution is -0.122. The molecule has 0 saturated carbocycles. The van der Waals surface area contributed by atoms with Crippen LogP contribution in [0.4, 0.5) is 4.79 Å². The average Bonchev–Trinajstić information content (AvgIpc) is 3.25. The zero-order valence-electron chi connectivity index (χ0n) is 33.0. The van der Waals surface area contributed by atoms with Gasteiger partial charge in [0.2, 0.25) is 0 Å². The van der Waals surface area contributed by atoms with Crippen LogP contribution in [0.2, 0.25) is 0 Å². The van der Waals surface area contributed by atoms with E-state index in [4.69, 9.17) is 14.2 Å². The van der Waals surface area contributed by atoms with Gasteiger partial charge in [0.15, 0.2) is 5.78 Å². The summed E-state index contributed by atoms with van der Waals surface area (Å²) in [5.41, 5.74) is 4.94. The van der Waals surface area contributed by atoms with Gasteiger partial charge < -0.3 is 24.8 Å². The summed E-state index contributed by atoms with van der Waals surface area (Å²) < 4.78 is 16.0. The monoisotopic (exact) mass is 782 g/mol. The number of alkyl carbamates (subject to hydrolysis) is 1. The standard InChI is InChI=1S/C48H50N2O8/c1-34(27-35-22-24-42(25-23-35)57-32-36-13-5-3-6-14-36)44(51)30-38-17-11-19-40(28-38)46(53)50-43(45(52)31-39-18-12-20-41(29-39)47(54)56-2)21-9-10-26-49-48(55)58-33-37-15-7-4-8-16-37/h3-8,11-20,22-25,28-29,34,43H,9-10,21,26-27,30-33H2,1-2H3,(H,49,55)(H,50,53)/t34-,43-/m0/s1. The van der Waals surface area contributed by atoms with E-state index in [1.54, 1.807) is 42.5 Å². The Hall–Kier alpha value is -6.55. The second kappa shape index (κ2) is 22.3. The molecule has 58 heavy (non-hydrogen) atoms. The summed E-state index contributed by atoms with van der Waals surface area (Å²) in [4.78, 5) is 65.0. The van der Waals surface area contributed by atoms with Gasteiger partial charge in [-0.2, -0.15) is 0 Å². The van der Waals surface area contributed by atoms with Crippen LogP contribution in [-0.2, 0) is 51.5 Å². The highest BCUT2D eigenvalue weighted by molar-refractivity contribution is 5.99. The lowest BCUT2D eigenvalue weighted by Crippen LogP contribution is -2.41. The molecule has 0 bridgehead atoms. The number of esters is 1. The van der Waals surface area contributed by atoms with Crippen molar-refractivity contribution < 1.29 is 38.2 Å². The van der Waals surface area contributed by atoms with Crippen molar-refractivity contribution in [2.75, 3.05) is 13.7 Å². The highest BCUT2D eigenvalue weighted by atomic mass is 16.5. The van der Waals surface area contributed by atoms with E-state index in [2.05, 4.69) is 10.6 Å². The summed E-state index contributed by atoms with van der Waals surface area (Å²) in [6.45, 7) is 2.86. The first-order valence-corrected chi connectivity index (χ1v) is 19.5. The van der Waals surface area contributed by atoms with E-state index in [9.17, 15) is 24.0 Å². The van der Waals surface area contributed by atoms with Gasteiger partial charge in [-0.15, -0.1) is 0 Å². The molecule has 10 heteroatoms. The number of methoxy groups -OCH3 is 1. The Morgan fingerprint density at radius 2 is 1.19 bits per heavy atom. The number of benzene rings is 5. The first-order chi connectivity index (χ1) is 28.2. The van der Waals surface area contributed by atoms with Crippen LogP contribution in [0, 0.1) is 5.92 Å². The summed E-state index contributed by atoms with van der Waals surface area (Å²) in [7, 11) is 1.29. The molecular weight excluding hydrogens is 733 g/mol. The number of rotatable bonds is 21. The van der Waals surface area contributed by atoms with Gasteiger partial charge in [-0.05, 0) is 89.9 Å². The topological polar surface area (TPSA) is 137 Å². The van der Waals surface area contributed by atoms with Gasteiger partial charge in [0.25, 0.3) is 5.91 Å². The summed E-state index contributed by atoms with van der Waals surface area (Å²) >= 11 is 0. The van der Waals surface area contributed by atoms with Crippen molar-refractivity contribution in [3.63, 3.8) is 0 Å². The van der Waals surface area contributed by atoms with E-state index in [1.807, 2.05) is 97.9 Å². The van der Waals surface area contributed by atoms with E-state index >= 15 is 0 Å². The maximum atomic E-state index is 13.7. The molecule has 0 radical (unpaired) electrons. The largest absolute Gasteiger partial charge is 0.489 e. The van der Waals surface area contributed by atoms with Crippen molar-refractivity contribution in [1.82, 2.24) is 10.6 Å².